The third-order valence-electron chi connectivity index (χ3n) is 2.74. The van der Waals surface area contributed by atoms with Crippen LogP contribution in [0.5, 0.6) is 5.75 Å². The van der Waals surface area contributed by atoms with Crippen LogP contribution in [0, 0.1) is 0 Å². The molecule has 2 aromatic rings. The number of hydrogen-bond donors (Lipinski definition) is 2. The van der Waals surface area contributed by atoms with Crippen molar-refractivity contribution < 1.29 is 9.53 Å². The molecule has 0 saturated carbocycles. The molecule has 0 fully saturated rings. The first-order valence-electron chi connectivity index (χ1n) is 6.03. The van der Waals surface area contributed by atoms with Crippen LogP contribution in [0.4, 0.5) is 11.4 Å². The number of nitrogens with two attached hydrogens (primary N) is 1. The van der Waals surface area contributed by atoms with E-state index in [9.17, 15) is 4.79 Å². The predicted molar refractivity (Wildman–Crippen MR) is 78.3 cm³/mol. The van der Waals surface area contributed by atoms with Crippen molar-refractivity contribution in [2.75, 3.05) is 18.2 Å². The molecule has 0 atom stereocenters. The Hall–Kier alpha value is -2.21. The zero-order valence-corrected chi connectivity index (χ0v) is 11.9. The Bertz CT molecular complexity index is 639. The molecule has 0 aliphatic rings. The normalized spacial score (nSPS) is 10.3. The molecule has 0 unspecified atom stereocenters. The first-order chi connectivity index (χ1) is 9.55. The number of nitrogens with zero attached hydrogens (tertiary/aromatic N) is 2. The number of ether oxygens (including phenoxy) is 1. The third kappa shape index (κ3) is 2.85. The van der Waals surface area contributed by atoms with E-state index in [4.69, 9.17) is 22.1 Å². The number of methoxy groups -OCH3 is 1. The first kappa shape index (κ1) is 14.2. The molecule has 1 aromatic carbocycles. The molecule has 7 heteroatoms. The molecule has 1 amide bonds. The number of carbonyl (C=O) groups is 1. The fraction of sp³-hybridized carbons (Fsp3) is 0.231. The fourth-order valence-electron chi connectivity index (χ4n) is 1.71. The van der Waals surface area contributed by atoms with Gasteiger partial charge in [-0.2, -0.15) is 5.10 Å². The van der Waals surface area contributed by atoms with Crippen molar-refractivity contribution in [1.29, 1.82) is 0 Å². The number of hydrogen-bond acceptors (Lipinski definition) is 4. The number of aryl methyl sites for hydroxylation is 1. The lowest BCUT2D eigenvalue weighted by Gasteiger charge is -2.07. The van der Waals surface area contributed by atoms with Crippen LogP contribution in [0.1, 0.15) is 17.4 Å². The van der Waals surface area contributed by atoms with Crippen LogP contribution in [-0.4, -0.2) is 22.8 Å². The van der Waals surface area contributed by atoms with Gasteiger partial charge in [-0.15, -0.1) is 0 Å². The molecular formula is C13H15ClN4O2. The van der Waals surface area contributed by atoms with E-state index >= 15 is 0 Å². The van der Waals surface area contributed by atoms with Crippen molar-refractivity contribution in [2.24, 2.45) is 0 Å². The van der Waals surface area contributed by atoms with E-state index in [1.54, 1.807) is 29.1 Å². The summed E-state index contributed by atoms with van der Waals surface area (Å²) in [6.07, 6.45) is 1.62. The van der Waals surface area contributed by atoms with Crippen LogP contribution in [0.15, 0.2) is 24.4 Å². The summed E-state index contributed by atoms with van der Waals surface area (Å²) in [6.45, 7) is 2.56. The van der Waals surface area contributed by atoms with E-state index < -0.39 is 0 Å². The highest BCUT2D eigenvalue weighted by atomic mass is 35.5. The lowest BCUT2D eigenvalue weighted by molar-refractivity contribution is 0.102. The molecule has 3 N–H and O–H groups in total. The molecule has 6 nitrogen and oxygen atoms in total. The van der Waals surface area contributed by atoms with Crippen LogP contribution in [0.3, 0.4) is 0 Å². The number of amides is 1. The van der Waals surface area contributed by atoms with Crippen molar-refractivity contribution in [3.8, 4) is 5.75 Å². The van der Waals surface area contributed by atoms with E-state index in [0.29, 0.717) is 28.7 Å². The second kappa shape index (κ2) is 5.83. The van der Waals surface area contributed by atoms with E-state index in [1.807, 2.05) is 6.92 Å². The van der Waals surface area contributed by atoms with Gasteiger partial charge in [-0.3, -0.25) is 9.48 Å². The molecule has 0 saturated heterocycles. The van der Waals surface area contributed by atoms with Crippen LogP contribution >= 0.6 is 11.6 Å². The average Bonchev–Trinajstić information content (AvgIpc) is 2.80. The van der Waals surface area contributed by atoms with Crippen molar-refractivity contribution >= 4 is 28.9 Å². The number of aromatic nitrogens is 2. The smallest absolute Gasteiger partial charge is 0.278 e. The second-order valence-electron chi connectivity index (χ2n) is 4.09. The Morgan fingerprint density at radius 3 is 2.85 bits per heavy atom. The molecule has 0 bridgehead atoms. The number of nitrogens with one attached hydrogen (secondary N) is 1. The van der Waals surface area contributed by atoms with Gasteiger partial charge in [-0.25, -0.2) is 0 Å². The summed E-state index contributed by atoms with van der Waals surface area (Å²) in [5, 5.41) is 7.21. The van der Waals surface area contributed by atoms with Crippen molar-refractivity contribution in [2.45, 2.75) is 13.5 Å². The zero-order chi connectivity index (χ0) is 14.7. The maximum atomic E-state index is 12.1. The van der Waals surface area contributed by atoms with Gasteiger partial charge >= 0.3 is 0 Å². The fourth-order valence-corrected chi connectivity index (χ4v) is 1.97. The summed E-state index contributed by atoms with van der Waals surface area (Å²) < 4.78 is 6.65. The Labute approximate surface area is 121 Å². The minimum absolute atomic E-state index is 0.193. The summed E-state index contributed by atoms with van der Waals surface area (Å²) in [6, 6.07) is 4.97. The summed E-state index contributed by atoms with van der Waals surface area (Å²) in [7, 11) is 1.53. The minimum Gasteiger partial charge on any atom is -0.495 e. The number of nitrogen functional groups attached to an aromatic ring is 1. The molecule has 2 rings (SSSR count). The molecule has 20 heavy (non-hydrogen) atoms. The highest BCUT2D eigenvalue weighted by molar-refractivity contribution is 6.32. The number of benzene rings is 1. The Balaban J connectivity index is 2.18. The van der Waals surface area contributed by atoms with Gasteiger partial charge in [0.15, 0.2) is 5.69 Å². The van der Waals surface area contributed by atoms with Crippen LogP contribution in [0.2, 0.25) is 5.02 Å². The Kier molecular flexibility index (Phi) is 4.14. The van der Waals surface area contributed by atoms with Crippen molar-refractivity contribution in [3.05, 3.63) is 35.1 Å². The van der Waals surface area contributed by atoms with Crippen LogP contribution in [-0.2, 0) is 6.54 Å². The number of rotatable bonds is 4. The van der Waals surface area contributed by atoms with Gasteiger partial charge in [0.2, 0.25) is 0 Å². The molecule has 1 heterocycles. The van der Waals surface area contributed by atoms with E-state index in [-0.39, 0.29) is 11.6 Å². The molecule has 1 aromatic heterocycles. The summed E-state index contributed by atoms with van der Waals surface area (Å²) >= 11 is 6.00. The Morgan fingerprint density at radius 2 is 2.30 bits per heavy atom. The monoisotopic (exact) mass is 294 g/mol. The lowest BCUT2D eigenvalue weighted by Crippen LogP contribution is -2.14. The number of halogens is 1. The lowest BCUT2D eigenvalue weighted by atomic mass is 10.3. The highest BCUT2D eigenvalue weighted by Gasteiger charge is 2.15. The topological polar surface area (TPSA) is 82.2 Å². The highest BCUT2D eigenvalue weighted by Crippen LogP contribution is 2.27. The van der Waals surface area contributed by atoms with Crippen molar-refractivity contribution in [3.63, 3.8) is 0 Å². The van der Waals surface area contributed by atoms with Gasteiger partial charge in [-0.05, 0) is 25.1 Å². The molecule has 0 aliphatic carbocycles. The van der Waals surface area contributed by atoms with Crippen molar-refractivity contribution in [1.82, 2.24) is 9.78 Å². The van der Waals surface area contributed by atoms with Crippen LogP contribution < -0.4 is 15.8 Å². The third-order valence-corrected chi connectivity index (χ3v) is 3.03. The summed E-state index contributed by atoms with van der Waals surface area (Å²) in [5.74, 6) is 0.162. The summed E-state index contributed by atoms with van der Waals surface area (Å²) in [5.41, 5.74) is 6.83. The predicted octanol–water partition coefficient (Wildman–Crippen LogP) is 2.40. The maximum absolute atomic E-state index is 12.1. The number of anilines is 2. The van der Waals surface area contributed by atoms with Gasteiger partial charge in [0.1, 0.15) is 5.75 Å². The molecular weight excluding hydrogens is 280 g/mol. The molecule has 106 valence electrons. The van der Waals surface area contributed by atoms with Gasteiger partial charge in [0.05, 0.1) is 17.8 Å². The van der Waals surface area contributed by atoms with Gasteiger partial charge in [-0.1, -0.05) is 11.6 Å². The quantitative estimate of drug-likeness (QED) is 0.907. The SMILES string of the molecule is CCn1cc(N)c(C(=O)Nc2ccc(OC)c(Cl)c2)n1. The zero-order valence-electron chi connectivity index (χ0n) is 11.2. The largest absolute Gasteiger partial charge is 0.495 e. The van der Waals surface area contributed by atoms with E-state index in [1.165, 1.54) is 7.11 Å². The summed E-state index contributed by atoms with van der Waals surface area (Å²) in [4.78, 5) is 12.1. The molecule has 0 radical (unpaired) electrons. The maximum Gasteiger partial charge on any atom is 0.278 e. The van der Waals surface area contributed by atoms with Crippen LogP contribution in [0.25, 0.3) is 0 Å². The molecule has 0 spiro atoms. The Morgan fingerprint density at radius 1 is 1.55 bits per heavy atom. The van der Waals surface area contributed by atoms with Gasteiger partial charge in [0.25, 0.3) is 5.91 Å². The molecule has 0 aliphatic heterocycles. The van der Waals surface area contributed by atoms with E-state index in [0.717, 1.165) is 0 Å². The standard InChI is InChI=1S/C13H15ClN4O2/c1-3-18-7-10(15)12(17-18)13(19)16-8-4-5-11(20-2)9(14)6-8/h4-7H,3,15H2,1-2H3,(H,16,19). The average molecular weight is 295 g/mol. The first-order valence-corrected chi connectivity index (χ1v) is 6.40. The van der Waals surface area contributed by atoms with Gasteiger partial charge < -0.3 is 15.8 Å². The second-order valence-corrected chi connectivity index (χ2v) is 4.50. The number of carbonyl (C=O) groups excluding carboxylic acids is 1. The minimum atomic E-state index is -0.379. The van der Waals surface area contributed by atoms with E-state index in [2.05, 4.69) is 10.4 Å². The van der Waals surface area contributed by atoms with Gasteiger partial charge in [0, 0.05) is 18.4 Å².